The third-order valence-corrected chi connectivity index (χ3v) is 7.72. The van der Waals surface area contributed by atoms with Gasteiger partial charge < -0.3 is 5.32 Å². The molecule has 0 saturated heterocycles. The molecule has 4 aliphatic carbocycles. The largest absolute Gasteiger partial charge is 0.344 e. The lowest BCUT2D eigenvalue weighted by molar-refractivity contribution is -0.385. The zero-order chi connectivity index (χ0) is 21.9. The van der Waals surface area contributed by atoms with Crippen LogP contribution in [-0.4, -0.2) is 30.4 Å². The maximum absolute atomic E-state index is 13.1. The van der Waals surface area contributed by atoms with Crippen molar-refractivity contribution in [1.82, 2.24) is 24.9 Å². The number of nitrogens with zero attached hydrogens (tertiary/aromatic N) is 5. The number of nitro groups is 1. The standard InChI is InChI=1S/C22H30N6O3/c1-4-26-11-18(14(3)24-26)13(2)23-21(29)20-19(28(30)31)12-27(25-20)22-8-15-5-16(9-22)7-17(6-15)10-22/h11-13,15-17H,4-10H2,1-3H3,(H,23,29). The molecule has 4 aliphatic rings. The summed E-state index contributed by atoms with van der Waals surface area (Å²) in [5, 5.41) is 23.7. The third-order valence-electron chi connectivity index (χ3n) is 7.72. The quantitative estimate of drug-likeness (QED) is 0.559. The molecule has 2 aromatic heterocycles. The van der Waals surface area contributed by atoms with Crippen molar-refractivity contribution in [1.29, 1.82) is 0 Å². The molecule has 6 rings (SSSR count). The minimum absolute atomic E-state index is 0.0897. The van der Waals surface area contributed by atoms with Gasteiger partial charge in [-0.1, -0.05) is 0 Å². The summed E-state index contributed by atoms with van der Waals surface area (Å²) in [6.07, 6.45) is 10.3. The van der Waals surface area contributed by atoms with Crippen LogP contribution in [0.1, 0.15) is 80.2 Å². The van der Waals surface area contributed by atoms with E-state index in [-0.39, 0.29) is 23.0 Å². The number of carbonyl (C=O) groups is 1. The van der Waals surface area contributed by atoms with Gasteiger partial charge in [-0.3, -0.25) is 24.3 Å². The van der Waals surface area contributed by atoms with Crippen LogP contribution in [0, 0.1) is 34.8 Å². The zero-order valence-corrected chi connectivity index (χ0v) is 18.4. The lowest BCUT2D eigenvalue weighted by atomic mass is 9.53. The molecule has 1 atom stereocenters. The minimum atomic E-state index is -0.508. The Morgan fingerprint density at radius 2 is 1.84 bits per heavy atom. The lowest BCUT2D eigenvalue weighted by Crippen LogP contribution is -2.52. The number of rotatable bonds is 6. The molecule has 0 spiro atoms. The summed E-state index contributed by atoms with van der Waals surface area (Å²) in [5.41, 5.74) is 1.28. The van der Waals surface area contributed by atoms with E-state index in [0.29, 0.717) is 17.8 Å². The second-order valence-electron chi connectivity index (χ2n) is 9.93. The maximum Gasteiger partial charge on any atom is 0.320 e. The van der Waals surface area contributed by atoms with Gasteiger partial charge in [-0.2, -0.15) is 10.2 Å². The Bertz CT molecular complexity index is 1000. The average Bonchev–Trinajstić information content (AvgIpc) is 3.31. The number of hydrogen-bond donors (Lipinski definition) is 1. The molecule has 2 aromatic rings. The summed E-state index contributed by atoms with van der Waals surface area (Å²) >= 11 is 0. The number of nitrogens with one attached hydrogen (secondary N) is 1. The minimum Gasteiger partial charge on any atom is -0.344 e. The topological polar surface area (TPSA) is 108 Å². The van der Waals surface area contributed by atoms with Gasteiger partial charge in [-0.25, -0.2) is 0 Å². The Morgan fingerprint density at radius 1 is 1.23 bits per heavy atom. The molecule has 9 nitrogen and oxygen atoms in total. The van der Waals surface area contributed by atoms with Gasteiger partial charge in [0.2, 0.25) is 5.69 Å². The van der Waals surface area contributed by atoms with Crippen LogP contribution in [-0.2, 0) is 12.1 Å². The van der Waals surface area contributed by atoms with Crippen molar-refractivity contribution >= 4 is 11.6 Å². The van der Waals surface area contributed by atoms with E-state index in [4.69, 9.17) is 0 Å². The van der Waals surface area contributed by atoms with Crippen molar-refractivity contribution in [2.45, 2.75) is 77.4 Å². The van der Waals surface area contributed by atoms with Crippen LogP contribution in [0.5, 0.6) is 0 Å². The molecule has 4 fully saturated rings. The number of hydrogen-bond acceptors (Lipinski definition) is 5. The Labute approximate surface area is 181 Å². The second kappa shape index (κ2) is 7.17. The maximum atomic E-state index is 13.1. The first kappa shape index (κ1) is 20.2. The number of carbonyl (C=O) groups excluding carboxylic acids is 1. The molecule has 4 bridgehead atoms. The van der Waals surface area contributed by atoms with Gasteiger partial charge in [0.25, 0.3) is 5.91 Å². The van der Waals surface area contributed by atoms with Crippen LogP contribution in [0.2, 0.25) is 0 Å². The Morgan fingerprint density at radius 3 is 2.35 bits per heavy atom. The molecule has 0 aliphatic heterocycles. The van der Waals surface area contributed by atoms with Gasteiger partial charge in [0.1, 0.15) is 6.20 Å². The van der Waals surface area contributed by atoms with Crippen molar-refractivity contribution in [2.24, 2.45) is 17.8 Å². The predicted molar refractivity (Wildman–Crippen MR) is 114 cm³/mol. The van der Waals surface area contributed by atoms with Gasteiger partial charge >= 0.3 is 5.69 Å². The first-order valence-electron chi connectivity index (χ1n) is 11.4. The van der Waals surface area contributed by atoms with Gasteiger partial charge in [0.15, 0.2) is 0 Å². The second-order valence-corrected chi connectivity index (χ2v) is 9.93. The van der Waals surface area contributed by atoms with Crippen LogP contribution >= 0.6 is 0 Å². The van der Waals surface area contributed by atoms with Crippen LogP contribution in [0.15, 0.2) is 12.4 Å². The predicted octanol–water partition coefficient (Wildman–Crippen LogP) is 3.73. The fourth-order valence-electron chi connectivity index (χ4n) is 6.71. The van der Waals surface area contributed by atoms with Crippen LogP contribution in [0.3, 0.4) is 0 Å². The molecule has 1 N–H and O–H groups in total. The molecule has 31 heavy (non-hydrogen) atoms. The number of aryl methyl sites for hydroxylation is 2. The molecule has 1 unspecified atom stereocenters. The fraction of sp³-hybridized carbons (Fsp3) is 0.682. The molecule has 166 valence electrons. The number of aromatic nitrogens is 4. The van der Waals surface area contributed by atoms with Crippen molar-refractivity contribution < 1.29 is 9.72 Å². The molecule has 9 heteroatoms. The summed E-state index contributed by atoms with van der Waals surface area (Å²) < 4.78 is 3.60. The fourth-order valence-corrected chi connectivity index (χ4v) is 6.71. The highest BCUT2D eigenvalue weighted by atomic mass is 16.6. The van der Waals surface area contributed by atoms with Crippen LogP contribution < -0.4 is 5.32 Å². The van der Waals surface area contributed by atoms with Gasteiger partial charge in [0, 0.05) is 18.3 Å². The van der Waals surface area contributed by atoms with Crippen molar-refractivity contribution in [3.63, 3.8) is 0 Å². The van der Waals surface area contributed by atoms with Gasteiger partial charge in [0.05, 0.1) is 22.2 Å². The first-order valence-corrected chi connectivity index (χ1v) is 11.4. The Hall–Kier alpha value is -2.71. The van der Waals surface area contributed by atoms with E-state index in [0.717, 1.165) is 37.1 Å². The molecular weight excluding hydrogens is 396 g/mol. The van der Waals surface area contributed by atoms with E-state index >= 15 is 0 Å². The summed E-state index contributed by atoms with van der Waals surface area (Å²) in [5.74, 6) is 1.55. The summed E-state index contributed by atoms with van der Waals surface area (Å²) in [6.45, 7) is 6.50. The van der Waals surface area contributed by atoms with Gasteiger partial charge in [-0.15, -0.1) is 0 Å². The molecule has 2 heterocycles. The first-order chi connectivity index (χ1) is 14.8. The van der Waals surface area contributed by atoms with E-state index in [1.807, 2.05) is 31.6 Å². The Kier molecular flexibility index (Phi) is 4.67. The average molecular weight is 427 g/mol. The van der Waals surface area contributed by atoms with Crippen molar-refractivity contribution in [2.75, 3.05) is 0 Å². The van der Waals surface area contributed by atoms with E-state index in [1.165, 1.54) is 25.5 Å². The van der Waals surface area contributed by atoms with Crippen LogP contribution in [0.25, 0.3) is 0 Å². The summed E-state index contributed by atoms with van der Waals surface area (Å²) in [7, 11) is 0. The number of amides is 1. The van der Waals surface area contributed by atoms with E-state index in [2.05, 4.69) is 15.5 Å². The summed E-state index contributed by atoms with van der Waals surface area (Å²) in [4.78, 5) is 24.4. The van der Waals surface area contributed by atoms with E-state index < -0.39 is 10.8 Å². The molecule has 0 aromatic carbocycles. The normalized spacial score (nSPS) is 29.8. The molecule has 4 saturated carbocycles. The molecular formula is C22H30N6O3. The van der Waals surface area contributed by atoms with Gasteiger partial charge in [-0.05, 0) is 77.0 Å². The molecule has 1 amide bonds. The van der Waals surface area contributed by atoms with Crippen LogP contribution in [0.4, 0.5) is 5.69 Å². The van der Waals surface area contributed by atoms with E-state index in [1.54, 1.807) is 4.68 Å². The third kappa shape index (κ3) is 3.34. The highest BCUT2D eigenvalue weighted by Crippen LogP contribution is 2.58. The smallest absolute Gasteiger partial charge is 0.320 e. The summed E-state index contributed by atoms with van der Waals surface area (Å²) in [6, 6.07) is -0.322. The molecule has 0 radical (unpaired) electrons. The SMILES string of the molecule is CCn1cc(C(C)NC(=O)c2nn(C34CC5CC(CC(C5)C3)C4)cc2[N+](=O)[O-])c(C)n1. The Balaban J connectivity index is 1.43. The lowest BCUT2D eigenvalue weighted by Gasteiger charge is -2.56. The van der Waals surface area contributed by atoms with Crippen molar-refractivity contribution in [3.8, 4) is 0 Å². The zero-order valence-electron chi connectivity index (χ0n) is 18.4. The highest BCUT2D eigenvalue weighted by Gasteiger charge is 2.53. The highest BCUT2D eigenvalue weighted by molar-refractivity contribution is 5.96. The van der Waals surface area contributed by atoms with Crippen molar-refractivity contribution in [3.05, 3.63) is 39.5 Å². The van der Waals surface area contributed by atoms with E-state index in [9.17, 15) is 14.9 Å². The monoisotopic (exact) mass is 426 g/mol.